The molecule has 0 saturated carbocycles. The Hall–Kier alpha value is -3.27. The monoisotopic (exact) mass is 595 g/mol. The van der Waals surface area contributed by atoms with E-state index < -0.39 is 6.04 Å². The van der Waals surface area contributed by atoms with Crippen LogP contribution in [0, 0.1) is 16.4 Å². The number of rotatable bonds is 6. The highest BCUT2D eigenvalue weighted by Crippen LogP contribution is 2.32. The highest BCUT2D eigenvalue weighted by atomic mass is 127. The summed E-state index contributed by atoms with van der Waals surface area (Å²) in [5, 5.41) is 2.40. The van der Waals surface area contributed by atoms with Gasteiger partial charge in [-0.25, -0.2) is 0 Å². The molecule has 0 N–H and O–H groups in total. The number of amides is 2. The Bertz CT molecular complexity index is 1570. The van der Waals surface area contributed by atoms with Crippen LogP contribution in [-0.2, 0) is 7.05 Å². The van der Waals surface area contributed by atoms with Crippen molar-refractivity contribution in [1.29, 1.82) is 0 Å². The van der Waals surface area contributed by atoms with Crippen LogP contribution in [0.5, 0.6) is 5.75 Å². The van der Waals surface area contributed by atoms with Crippen LogP contribution in [0.15, 0.2) is 53.5 Å². The van der Waals surface area contributed by atoms with Crippen LogP contribution < -0.4 is 10.3 Å². The highest BCUT2D eigenvalue weighted by molar-refractivity contribution is 14.1. The van der Waals surface area contributed by atoms with Gasteiger partial charge < -0.3 is 9.30 Å². The lowest BCUT2D eigenvalue weighted by molar-refractivity contribution is 0.0506. The highest BCUT2D eigenvalue weighted by Gasteiger charge is 2.40. The van der Waals surface area contributed by atoms with E-state index in [4.69, 9.17) is 4.74 Å². The van der Waals surface area contributed by atoms with E-state index in [0.29, 0.717) is 34.4 Å². The molecule has 36 heavy (non-hydrogen) atoms. The van der Waals surface area contributed by atoms with Crippen molar-refractivity contribution in [2.75, 3.05) is 6.61 Å². The second kappa shape index (κ2) is 9.31. The smallest absolute Gasteiger partial charge is 0.261 e. The SMILES string of the molecule is Cc1nccc2c1c(=O)n(C)c1cc(OCC(CC(C)C)N3C(=O)c4ccccc4C3=O)c(I)cc21. The maximum atomic E-state index is 13.1. The molecule has 0 radical (unpaired) electrons. The molecular weight excluding hydrogens is 569 g/mol. The first-order valence-corrected chi connectivity index (χ1v) is 12.9. The summed E-state index contributed by atoms with van der Waals surface area (Å²) < 4.78 is 8.76. The molecule has 2 aromatic heterocycles. The van der Waals surface area contributed by atoms with Gasteiger partial charge in [0.15, 0.2) is 0 Å². The van der Waals surface area contributed by atoms with Crippen LogP contribution in [0.1, 0.15) is 46.7 Å². The summed E-state index contributed by atoms with van der Waals surface area (Å²) in [4.78, 5) is 45.0. The molecule has 2 amide bonds. The van der Waals surface area contributed by atoms with Crippen LogP contribution in [0.3, 0.4) is 0 Å². The third kappa shape index (κ3) is 3.97. The van der Waals surface area contributed by atoms with Crippen molar-refractivity contribution < 1.29 is 14.3 Å². The molecule has 0 bridgehead atoms. The van der Waals surface area contributed by atoms with Crippen molar-refractivity contribution in [3.8, 4) is 5.75 Å². The van der Waals surface area contributed by atoms with Gasteiger partial charge in [0.1, 0.15) is 12.4 Å². The van der Waals surface area contributed by atoms with Gasteiger partial charge in [-0.3, -0.25) is 24.3 Å². The van der Waals surface area contributed by atoms with Gasteiger partial charge in [-0.15, -0.1) is 0 Å². The number of hydrogen-bond acceptors (Lipinski definition) is 5. The molecule has 0 fully saturated rings. The summed E-state index contributed by atoms with van der Waals surface area (Å²) in [5.41, 5.74) is 2.20. The number of carbonyl (C=O) groups excluding carboxylic acids is 2. The second-order valence-electron chi connectivity index (χ2n) is 9.60. The minimum Gasteiger partial charge on any atom is -0.490 e. The minimum atomic E-state index is -0.418. The zero-order valence-electron chi connectivity index (χ0n) is 20.5. The predicted molar refractivity (Wildman–Crippen MR) is 148 cm³/mol. The third-order valence-electron chi connectivity index (χ3n) is 6.73. The van der Waals surface area contributed by atoms with E-state index in [9.17, 15) is 14.4 Å². The predicted octanol–water partition coefficient (Wildman–Crippen LogP) is 5.09. The number of imide groups is 1. The Morgan fingerprint density at radius 3 is 2.31 bits per heavy atom. The van der Waals surface area contributed by atoms with E-state index in [2.05, 4.69) is 41.4 Å². The van der Waals surface area contributed by atoms with Gasteiger partial charge in [0.2, 0.25) is 0 Å². The number of ether oxygens (including phenoxy) is 1. The van der Waals surface area contributed by atoms with Crippen LogP contribution in [-0.4, -0.2) is 38.9 Å². The Morgan fingerprint density at radius 1 is 1.00 bits per heavy atom. The Morgan fingerprint density at radius 2 is 1.67 bits per heavy atom. The molecule has 7 nitrogen and oxygen atoms in total. The molecule has 184 valence electrons. The van der Waals surface area contributed by atoms with Crippen LogP contribution >= 0.6 is 22.6 Å². The fourth-order valence-electron chi connectivity index (χ4n) is 5.00. The quantitative estimate of drug-likeness (QED) is 0.176. The number of fused-ring (bicyclic) bond motifs is 4. The maximum Gasteiger partial charge on any atom is 0.261 e. The first kappa shape index (κ1) is 24.4. The summed E-state index contributed by atoms with van der Waals surface area (Å²) >= 11 is 2.22. The fourth-order valence-corrected chi connectivity index (χ4v) is 5.62. The van der Waals surface area contributed by atoms with Crippen LogP contribution in [0.25, 0.3) is 21.7 Å². The molecule has 1 aliphatic rings. The number of hydrogen-bond donors (Lipinski definition) is 0. The lowest BCUT2D eigenvalue weighted by Crippen LogP contribution is -2.44. The summed E-state index contributed by atoms with van der Waals surface area (Å²) in [5.74, 6) is 0.294. The van der Waals surface area contributed by atoms with Crippen molar-refractivity contribution >= 4 is 56.1 Å². The Balaban J connectivity index is 1.51. The van der Waals surface area contributed by atoms with Crippen molar-refractivity contribution in [2.24, 2.45) is 13.0 Å². The molecule has 1 unspecified atom stereocenters. The molecule has 0 saturated heterocycles. The third-order valence-corrected chi connectivity index (χ3v) is 7.57. The Kier molecular flexibility index (Phi) is 6.32. The van der Waals surface area contributed by atoms with Crippen molar-refractivity contribution in [3.63, 3.8) is 0 Å². The lowest BCUT2D eigenvalue weighted by Gasteiger charge is -2.28. The van der Waals surface area contributed by atoms with Gasteiger partial charge in [-0.2, -0.15) is 0 Å². The summed E-state index contributed by atoms with van der Waals surface area (Å²) in [6.45, 7) is 6.12. The van der Waals surface area contributed by atoms with Crippen molar-refractivity contribution in [1.82, 2.24) is 14.5 Å². The number of aromatic nitrogens is 2. The van der Waals surface area contributed by atoms with Gasteiger partial charge in [0.05, 0.1) is 37.3 Å². The summed E-state index contributed by atoms with van der Waals surface area (Å²) in [6.07, 6.45) is 2.33. The molecule has 8 heteroatoms. The first-order valence-electron chi connectivity index (χ1n) is 11.9. The van der Waals surface area contributed by atoms with E-state index in [-0.39, 0.29) is 29.9 Å². The van der Waals surface area contributed by atoms with E-state index in [1.807, 2.05) is 25.1 Å². The largest absolute Gasteiger partial charge is 0.490 e. The van der Waals surface area contributed by atoms with E-state index in [0.717, 1.165) is 19.9 Å². The zero-order chi connectivity index (χ0) is 25.7. The van der Waals surface area contributed by atoms with Gasteiger partial charge >= 0.3 is 0 Å². The fraction of sp³-hybridized carbons (Fsp3) is 0.286. The number of carbonyl (C=O) groups is 2. The second-order valence-corrected chi connectivity index (χ2v) is 10.8. The summed E-state index contributed by atoms with van der Waals surface area (Å²) in [7, 11) is 1.74. The molecule has 3 heterocycles. The minimum absolute atomic E-state index is 0.112. The van der Waals surface area contributed by atoms with Crippen LogP contribution in [0.2, 0.25) is 0 Å². The molecule has 1 atom stereocenters. The normalized spacial score (nSPS) is 14.2. The topological polar surface area (TPSA) is 81.5 Å². The average Bonchev–Trinajstić information content (AvgIpc) is 3.10. The Labute approximate surface area is 222 Å². The van der Waals surface area contributed by atoms with Gasteiger partial charge in [-0.1, -0.05) is 26.0 Å². The van der Waals surface area contributed by atoms with Crippen LogP contribution in [0.4, 0.5) is 0 Å². The molecule has 2 aromatic carbocycles. The number of benzene rings is 2. The van der Waals surface area contributed by atoms with E-state index in [1.54, 1.807) is 42.1 Å². The number of pyridine rings is 2. The van der Waals surface area contributed by atoms with Gasteiger partial charge in [-0.05, 0) is 71.5 Å². The molecule has 1 aliphatic heterocycles. The van der Waals surface area contributed by atoms with E-state index >= 15 is 0 Å². The number of halogens is 1. The van der Waals surface area contributed by atoms with Crippen molar-refractivity contribution in [3.05, 3.63) is 79.4 Å². The molecule has 0 spiro atoms. The molecule has 0 aliphatic carbocycles. The summed E-state index contributed by atoms with van der Waals surface area (Å²) in [6, 6.07) is 12.2. The maximum absolute atomic E-state index is 13.1. The zero-order valence-corrected chi connectivity index (χ0v) is 22.7. The van der Waals surface area contributed by atoms with E-state index in [1.165, 1.54) is 4.90 Å². The van der Waals surface area contributed by atoms with Crippen molar-refractivity contribution in [2.45, 2.75) is 33.2 Å². The number of aryl methyl sites for hydroxylation is 2. The first-order chi connectivity index (χ1) is 17.2. The number of nitrogens with zero attached hydrogens (tertiary/aromatic N) is 3. The molecule has 5 rings (SSSR count). The van der Waals surface area contributed by atoms with Gasteiger partial charge in [0, 0.05) is 24.7 Å². The standard InChI is InChI=1S/C28H26IN3O4/c1-15(2)11-17(32-26(33)19-7-5-6-8-20(19)27(32)34)14-36-24-13-23-21(12-22(24)29)18-9-10-30-16(3)25(18)28(35)31(23)4/h5-10,12-13,15,17H,11,14H2,1-4H3. The van der Waals surface area contributed by atoms with Gasteiger partial charge in [0.25, 0.3) is 17.4 Å². The molecular formula is C28H26IN3O4. The average molecular weight is 595 g/mol. The molecule has 4 aromatic rings. The lowest BCUT2D eigenvalue weighted by atomic mass is 10.0.